The number of carbonyl (C=O) groups excluding carboxylic acids is 1. The maximum Gasteiger partial charge on any atom is 0.220 e. The first-order valence-corrected chi connectivity index (χ1v) is 8.80. The fraction of sp³-hybridized carbons (Fsp3) is 0.381. The van der Waals surface area contributed by atoms with E-state index in [1.807, 2.05) is 56.3 Å². The average molecular weight is 357 g/mol. The molecule has 5 nitrogen and oxygen atoms in total. The van der Waals surface area contributed by atoms with Crippen molar-refractivity contribution < 1.29 is 19.0 Å². The number of aryl methyl sites for hydroxylation is 1. The minimum Gasteiger partial charge on any atom is -0.494 e. The fourth-order valence-electron chi connectivity index (χ4n) is 2.71. The molecule has 5 heteroatoms. The molecule has 0 aromatic heterocycles. The zero-order valence-corrected chi connectivity index (χ0v) is 15.9. The van der Waals surface area contributed by atoms with Gasteiger partial charge in [0.15, 0.2) is 11.5 Å². The Morgan fingerprint density at radius 2 is 1.73 bits per heavy atom. The zero-order valence-electron chi connectivity index (χ0n) is 15.9. The van der Waals surface area contributed by atoms with Crippen LogP contribution in [0.25, 0.3) is 0 Å². The van der Waals surface area contributed by atoms with E-state index in [9.17, 15) is 4.79 Å². The first-order chi connectivity index (χ1) is 12.6. The molecule has 1 N–H and O–H groups in total. The lowest BCUT2D eigenvalue weighted by Crippen LogP contribution is -2.26. The number of ether oxygens (including phenoxy) is 3. The van der Waals surface area contributed by atoms with Crippen LogP contribution < -0.4 is 19.5 Å². The lowest BCUT2D eigenvalue weighted by molar-refractivity contribution is -0.121. The summed E-state index contributed by atoms with van der Waals surface area (Å²) in [5, 5.41) is 3.03. The molecule has 0 aliphatic heterocycles. The molecule has 0 unspecified atom stereocenters. The summed E-state index contributed by atoms with van der Waals surface area (Å²) < 4.78 is 16.0. The number of nitrogens with one attached hydrogen (secondary N) is 1. The summed E-state index contributed by atoms with van der Waals surface area (Å²) in [7, 11) is 3.21. The summed E-state index contributed by atoms with van der Waals surface area (Å²) >= 11 is 0. The third-order valence-corrected chi connectivity index (χ3v) is 4.16. The number of rotatable bonds is 9. The van der Waals surface area contributed by atoms with E-state index >= 15 is 0 Å². The standard InChI is InChI=1S/C21H27NO4/c1-5-26-18-10-8-17(9-11-18)15(2)22-21(23)13-7-16-6-12-19(24-3)20(14-16)25-4/h6,8-12,14-15H,5,7,13H2,1-4H3,(H,22,23)/t15-/m0/s1. The van der Waals surface area contributed by atoms with Gasteiger partial charge in [0.1, 0.15) is 5.75 Å². The van der Waals surface area contributed by atoms with Crippen LogP contribution in [-0.4, -0.2) is 26.7 Å². The molecule has 0 fully saturated rings. The molecular formula is C21H27NO4. The van der Waals surface area contributed by atoms with Gasteiger partial charge < -0.3 is 19.5 Å². The third kappa shape index (κ3) is 5.41. The Kier molecular flexibility index (Phi) is 7.33. The van der Waals surface area contributed by atoms with Gasteiger partial charge in [-0.05, 0) is 55.7 Å². The van der Waals surface area contributed by atoms with E-state index in [2.05, 4.69) is 5.32 Å². The van der Waals surface area contributed by atoms with E-state index in [1.165, 1.54) is 0 Å². The van der Waals surface area contributed by atoms with Gasteiger partial charge in [-0.2, -0.15) is 0 Å². The summed E-state index contributed by atoms with van der Waals surface area (Å²) in [4.78, 5) is 12.3. The van der Waals surface area contributed by atoms with Crippen molar-refractivity contribution in [3.63, 3.8) is 0 Å². The Bertz CT molecular complexity index is 712. The van der Waals surface area contributed by atoms with Crippen LogP contribution in [-0.2, 0) is 11.2 Å². The average Bonchev–Trinajstić information content (AvgIpc) is 2.66. The van der Waals surface area contributed by atoms with Crippen molar-refractivity contribution in [1.82, 2.24) is 5.32 Å². The lowest BCUT2D eigenvalue weighted by Gasteiger charge is -2.15. The first-order valence-electron chi connectivity index (χ1n) is 8.80. The predicted octanol–water partition coefficient (Wildman–Crippen LogP) is 3.91. The SMILES string of the molecule is CCOc1ccc([C@H](C)NC(=O)CCc2ccc(OC)c(OC)c2)cc1. The summed E-state index contributed by atoms with van der Waals surface area (Å²) in [6, 6.07) is 13.5. The fourth-order valence-corrected chi connectivity index (χ4v) is 2.71. The number of hydrogen-bond acceptors (Lipinski definition) is 4. The second-order valence-corrected chi connectivity index (χ2v) is 5.98. The van der Waals surface area contributed by atoms with E-state index in [0.29, 0.717) is 30.9 Å². The van der Waals surface area contributed by atoms with Crippen LogP contribution in [0.5, 0.6) is 17.2 Å². The second kappa shape index (κ2) is 9.70. The molecule has 1 atom stereocenters. The van der Waals surface area contributed by atoms with Crippen molar-refractivity contribution in [3.8, 4) is 17.2 Å². The van der Waals surface area contributed by atoms with Gasteiger partial charge in [0, 0.05) is 6.42 Å². The first kappa shape index (κ1) is 19.6. The van der Waals surface area contributed by atoms with E-state index in [1.54, 1.807) is 14.2 Å². The molecule has 0 radical (unpaired) electrons. The van der Waals surface area contributed by atoms with Gasteiger partial charge in [0.05, 0.1) is 26.9 Å². The van der Waals surface area contributed by atoms with Gasteiger partial charge in [-0.1, -0.05) is 18.2 Å². The molecule has 0 aliphatic rings. The Hall–Kier alpha value is -2.69. The number of benzene rings is 2. The molecule has 0 spiro atoms. The van der Waals surface area contributed by atoms with E-state index in [0.717, 1.165) is 16.9 Å². The predicted molar refractivity (Wildman–Crippen MR) is 102 cm³/mol. The lowest BCUT2D eigenvalue weighted by atomic mass is 10.1. The summed E-state index contributed by atoms with van der Waals surface area (Å²) in [5.74, 6) is 2.21. The zero-order chi connectivity index (χ0) is 18.9. The summed E-state index contributed by atoms with van der Waals surface area (Å²) in [6.07, 6.45) is 1.05. The van der Waals surface area contributed by atoms with Crippen LogP contribution >= 0.6 is 0 Å². The highest BCUT2D eigenvalue weighted by Gasteiger charge is 2.11. The highest BCUT2D eigenvalue weighted by atomic mass is 16.5. The molecular weight excluding hydrogens is 330 g/mol. The topological polar surface area (TPSA) is 56.8 Å². The molecule has 2 aromatic rings. The smallest absolute Gasteiger partial charge is 0.220 e. The second-order valence-electron chi connectivity index (χ2n) is 5.98. The highest BCUT2D eigenvalue weighted by molar-refractivity contribution is 5.76. The Labute approximate surface area is 155 Å². The normalized spacial score (nSPS) is 11.5. The van der Waals surface area contributed by atoms with Crippen molar-refractivity contribution in [2.45, 2.75) is 32.7 Å². The quantitative estimate of drug-likeness (QED) is 0.739. The van der Waals surface area contributed by atoms with Crippen molar-refractivity contribution in [2.75, 3.05) is 20.8 Å². The van der Waals surface area contributed by atoms with Gasteiger partial charge in [0.25, 0.3) is 0 Å². The Morgan fingerprint density at radius 1 is 1.04 bits per heavy atom. The number of amides is 1. The molecule has 0 aliphatic carbocycles. The minimum absolute atomic E-state index is 0.0150. The summed E-state index contributed by atoms with van der Waals surface area (Å²) in [5.41, 5.74) is 2.08. The Balaban J connectivity index is 1.88. The Morgan fingerprint density at radius 3 is 2.35 bits per heavy atom. The van der Waals surface area contributed by atoms with Crippen molar-refractivity contribution in [3.05, 3.63) is 53.6 Å². The molecule has 1 amide bonds. The molecule has 2 rings (SSSR count). The van der Waals surface area contributed by atoms with Crippen molar-refractivity contribution in [2.24, 2.45) is 0 Å². The van der Waals surface area contributed by atoms with Crippen LogP contribution in [0.3, 0.4) is 0 Å². The molecule has 0 bridgehead atoms. The molecule has 0 saturated carbocycles. The largest absolute Gasteiger partial charge is 0.494 e. The van der Waals surface area contributed by atoms with Crippen LogP contribution in [0.2, 0.25) is 0 Å². The van der Waals surface area contributed by atoms with E-state index in [-0.39, 0.29) is 11.9 Å². The number of carbonyl (C=O) groups is 1. The molecule has 0 heterocycles. The van der Waals surface area contributed by atoms with Gasteiger partial charge in [-0.15, -0.1) is 0 Å². The van der Waals surface area contributed by atoms with Crippen LogP contribution in [0, 0.1) is 0 Å². The van der Waals surface area contributed by atoms with Gasteiger partial charge in [-0.3, -0.25) is 4.79 Å². The van der Waals surface area contributed by atoms with Crippen molar-refractivity contribution in [1.29, 1.82) is 0 Å². The van der Waals surface area contributed by atoms with E-state index in [4.69, 9.17) is 14.2 Å². The molecule has 140 valence electrons. The molecule has 26 heavy (non-hydrogen) atoms. The van der Waals surface area contributed by atoms with Gasteiger partial charge >= 0.3 is 0 Å². The third-order valence-electron chi connectivity index (χ3n) is 4.16. The van der Waals surface area contributed by atoms with Gasteiger partial charge in [-0.25, -0.2) is 0 Å². The van der Waals surface area contributed by atoms with Gasteiger partial charge in [0.2, 0.25) is 5.91 Å². The number of hydrogen-bond donors (Lipinski definition) is 1. The van der Waals surface area contributed by atoms with Crippen LogP contribution in [0.4, 0.5) is 0 Å². The maximum absolute atomic E-state index is 12.3. The maximum atomic E-state index is 12.3. The minimum atomic E-state index is -0.0522. The monoisotopic (exact) mass is 357 g/mol. The van der Waals surface area contributed by atoms with Crippen LogP contribution in [0.15, 0.2) is 42.5 Å². The number of methoxy groups -OCH3 is 2. The molecule has 0 saturated heterocycles. The van der Waals surface area contributed by atoms with Crippen LogP contribution in [0.1, 0.15) is 37.4 Å². The van der Waals surface area contributed by atoms with E-state index < -0.39 is 0 Å². The summed E-state index contributed by atoms with van der Waals surface area (Å²) in [6.45, 7) is 4.57. The highest BCUT2D eigenvalue weighted by Crippen LogP contribution is 2.28. The molecule has 2 aromatic carbocycles. The van der Waals surface area contributed by atoms with Crippen molar-refractivity contribution >= 4 is 5.91 Å².